The van der Waals surface area contributed by atoms with Crippen LogP contribution in [0.25, 0.3) is 0 Å². The lowest BCUT2D eigenvalue weighted by molar-refractivity contribution is 0.0687. The van der Waals surface area contributed by atoms with Crippen molar-refractivity contribution in [3.8, 4) is 0 Å². The van der Waals surface area contributed by atoms with E-state index in [0.717, 1.165) is 16.9 Å². The smallest absolute Gasteiger partial charge is 0.356 e. The molecule has 19 heavy (non-hydrogen) atoms. The number of carboxylic acid groups (broad SMARTS) is 1. The van der Waals surface area contributed by atoms with E-state index in [4.69, 9.17) is 5.11 Å². The zero-order valence-electron chi connectivity index (χ0n) is 9.90. The van der Waals surface area contributed by atoms with Crippen molar-refractivity contribution in [3.63, 3.8) is 0 Å². The lowest BCUT2D eigenvalue weighted by atomic mass is 10.4. The van der Waals surface area contributed by atoms with Gasteiger partial charge in [0.2, 0.25) is 0 Å². The zero-order chi connectivity index (χ0) is 14.0. The first-order chi connectivity index (χ1) is 8.90. The van der Waals surface area contributed by atoms with Crippen LogP contribution in [0, 0.1) is 0 Å². The summed E-state index contributed by atoms with van der Waals surface area (Å²) < 4.78 is 27.8. The van der Waals surface area contributed by atoms with Gasteiger partial charge in [-0.25, -0.2) is 22.9 Å². The average molecular weight is 301 g/mol. The number of aryl methyl sites for hydroxylation is 1. The fourth-order valence-electron chi connectivity index (χ4n) is 1.48. The fraction of sp³-hybridized carbons (Fsp3) is 0.200. The van der Waals surface area contributed by atoms with Gasteiger partial charge in [-0.3, -0.25) is 0 Å². The molecule has 0 saturated carbocycles. The second-order valence-electron chi connectivity index (χ2n) is 3.80. The van der Waals surface area contributed by atoms with Gasteiger partial charge in [-0.05, 0) is 11.6 Å². The van der Waals surface area contributed by atoms with E-state index in [0.29, 0.717) is 0 Å². The average Bonchev–Trinajstić information content (AvgIpc) is 2.94. The molecule has 0 aliphatic rings. The molecule has 0 bridgehead atoms. The van der Waals surface area contributed by atoms with Crippen LogP contribution < -0.4 is 4.72 Å². The lowest BCUT2D eigenvalue weighted by Gasteiger charge is -2.03. The van der Waals surface area contributed by atoms with Crippen molar-refractivity contribution in [1.82, 2.24) is 14.3 Å². The first kappa shape index (κ1) is 13.7. The number of hydrogen-bond donors (Lipinski definition) is 2. The van der Waals surface area contributed by atoms with Crippen LogP contribution in [0.2, 0.25) is 0 Å². The molecule has 0 aromatic carbocycles. The number of aromatic carboxylic acids is 1. The van der Waals surface area contributed by atoms with Crippen molar-refractivity contribution in [2.75, 3.05) is 0 Å². The summed E-state index contributed by atoms with van der Waals surface area (Å²) in [5.74, 6) is -1.36. The Morgan fingerprint density at radius 3 is 2.89 bits per heavy atom. The SMILES string of the molecule is Cn1ccc(CNS(=O)(=O)c2scnc2C(=O)O)c1. The third-order valence-corrected chi connectivity index (χ3v) is 5.11. The van der Waals surface area contributed by atoms with Crippen molar-refractivity contribution in [3.05, 3.63) is 35.2 Å². The number of thiazole rings is 1. The Kier molecular flexibility index (Phi) is 3.69. The van der Waals surface area contributed by atoms with Crippen molar-refractivity contribution in [2.45, 2.75) is 10.8 Å². The molecule has 7 nitrogen and oxygen atoms in total. The van der Waals surface area contributed by atoms with Crippen molar-refractivity contribution < 1.29 is 18.3 Å². The molecule has 0 atom stereocenters. The number of nitrogens with one attached hydrogen (secondary N) is 1. The molecule has 0 saturated heterocycles. The first-order valence-electron chi connectivity index (χ1n) is 5.17. The molecule has 0 aliphatic carbocycles. The summed E-state index contributed by atoms with van der Waals surface area (Å²) in [4.78, 5) is 14.4. The number of hydrogen-bond acceptors (Lipinski definition) is 5. The highest BCUT2D eigenvalue weighted by Gasteiger charge is 2.25. The van der Waals surface area contributed by atoms with Crippen LogP contribution in [0.15, 0.2) is 28.2 Å². The molecule has 2 aromatic heterocycles. The van der Waals surface area contributed by atoms with Gasteiger partial charge in [0.25, 0.3) is 10.0 Å². The molecule has 2 heterocycles. The predicted molar refractivity (Wildman–Crippen MR) is 68.5 cm³/mol. The molecule has 2 N–H and O–H groups in total. The molecule has 0 amide bonds. The third kappa shape index (κ3) is 3.00. The Morgan fingerprint density at radius 1 is 1.58 bits per heavy atom. The highest BCUT2D eigenvalue weighted by molar-refractivity contribution is 7.91. The van der Waals surface area contributed by atoms with E-state index in [1.807, 2.05) is 7.05 Å². The Balaban J connectivity index is 2.18. The van der Waals surface area contributed by atoms with Gasteiger partial charge < -0.3 is 9.67 Å². The second-order valence-corrected chi connectivity index (χ2v) is 6.62. The molecule has 2 aromatic rings. The van der Waals surface area contributed by atoms with E-state index in [1.54, 1.807) is 23.0 Å². The number of nitrogens with zero attached hydrogens (tertiary/aromatic N) is 2. The summed E-state index contributed by atoms with van der Waals surface area (Å²) in [5, 5.41) is 8.86. The van der Waals surface area contributed by atoms with E-state index in [-0.39, 0.29) is 10.8 Å². The number of rotatable bonds is 5. The molecular formula is C10H11N3O4S2. The molecule has 2 rings (SSSR count). The monoisotopic (exact) mass is 301 g/mol. The molecule has 0 fully saturated rings. The van der Waals surface area contributed by atoms with Gasteiger partial charge in [0.15, 0.2) is 9.90 Å². The van der Waals surface area contributed by atoms with E-state index in [2.05, 4.69) is 9.71 Å². The van der Waals surface area contributed by atoms with Crippen LogP contribution in [0.1, 0.15) is 16.1 Å². The first-order valence-corrected chi connectivity index (χ1v) is 7.54. The van der Waals surface area contributed by atoms with Crippen LogP contribution in [0.3, 0.4) is 0 Å². The van der Waals surface area contributed by atoms with Gasteiger partial charge in [0.05, 0.1) is 5.51 Å². The molecule has 0 spiro atoms. The van der Waals surface area contributed by atoms with Gasteiger partial charge in [0.1, 0.15) is 0 Å². The van der Waals surface area contributed by atoms with Gasteiger partial charge in [-0.15, -0.1) is 11.3 Å². The molecule has 0 aliphatic heterocycles. The summed E-state index contributed by atoms with van der Waals surface area (Å²) in [7, 11) is -2.04. The van der Waals surface area contributed by atoms with Crippen LogP contribution in [-0.2, 0) is 23.6 Å². The highest BCUT2D eigenvalue weighted by atomic mass is 32.2. The number of carboxylic acids is 1. The van der Waals surface area contributed by atoms with Crippen LogP contribution in [-0.4, -0.2) is 29.0 Å². The minimum atomic E-state index is -3.87. The normalized spacial score (nSPS) is 11.6. The second kappa shape index (κ2) is 5.11. The Morgan fingerprint density at radius 2 is 2.32 bits per heavy atom. The van der Waals surface area contributed by atoms with E-state index in [9.17, 15) is 13.2 Å². The maximum atomic E-state index is 12.0. The highest BCUT2D eigenvalue weighted by Crippen LogP contribution is 2.20. The summed E-state index contributed by atoms with van der Waals surface area (Å²) >= 11 is 0.778. The van der Waals surface area contributed by atoms with Gasteiger partial charge >= 0.3 is 5.97 Å². The predicted octanol–water partition coefficient (Wildman–Crippen LogP) is 0.658. The van der Waals surface area contributed by atoms with Crippen LogP contribution in [0.4, 0.5) is 0 Å². The maximum Gasteiger partial charge on any atom is 0.356 e. The minimum absolute atomic E-state index is 0.0974. The Labute approximate surface area is 113 Å². The standard InChI is InChI=1S/C10H11N3O4S2/c1-13-3-2-7(5-13)4-12-19(16,17)10-8(9(14)15)11-6-18-10/h2-3,5-6,12H,4H2,1H3,(H,14,15). The molecular weight excluding hydrogens is 290 g/mol. The van der Waals surface area contributed by atoms with E-state index < -0.39 is 21.7 Å². The van der Waals surface area contributed by atoms with Crippen LogP contribution >= 0.6 is 11.3 Å². The fourth-order valence-corrected chi connectivity index (χ4v) is 3.68. The Bertz CT molecular complexity index is 702. The molecule has 102 valence electrons. The van der Waals surface area contributed by atoms with Crippen molar-refractivity contribution in [1.29, 1.82) is 0 Å². The van der Waals surface area contributed by atoms with E-state index >= 15 is 0 Å². The maximum absolute atomic E-state index is 12.0. The van der Waals surface area contributed by atoms with Crippen molar-refractivity contribution >= 4 is 27.3 Å². The van der Waals surface area contributed by atoms with Gasteiger partial charge in [-0.1, -0.05) is 0 Å². The largest absolute Gasteiger partial charge is 0.476 e. The van der Waals surface area contributed by atoms with E-state index in [1.165, 1.54) is 5.51 Å². The van der Waals surface area contributed by atoms with Gasteiger partial charge in [-0.2, -0.15) is 0 Å². The number of carbonyl (C=O) groups is 1. The van der Waals surface area contributed by atoms with Crippen LogP contribution in [0.5, 0.6) is 0 Å². The number of sulfonamides is 1. The van der Waals surface area contributed by atoms with Crippen molar-refractivity contribution in [2.24, 2.45) is 7.05 Å². The summed E-state index contributed by atoms with van der Waals surface area (Å²) in [6, 6.07) is 1.77. The van der Waals surface area contributed by atoms with Gasteiger partial charge in [0, 0.05) is 26.0 Å². The molecule has 0 radical (unpaired) electrons. The molecule has 0 unspecified atom stereocenters. The quantitative estimate of drug-likeness (QED) is 0.844. The topological polar surface area (TPSA) is 101 Å². The number of aromatic nitrogens is 2. The molecule has 9 heteroatoms. The summed E-state index contributed by atoms with van der Waals surface area (Å²) in [6.45, 7) is 0.0974. The lowest BCUT2D eigenvalue weighted by Crippen LogP contribution is -2.24. The summed E-state index contributed by atoms with van der Waals surface area (Å²) in [6.07, 6.45) is 3.56. The summed E-state index contributed by atoms with van der Waals surface area (Å²) in [5.41, 5.74) is 1.53. The minimum Gasteiger partial charge on any atom is -0.476 e. The Hall–Kier alpha value is -1.71. The third-order valence-electron chi connectivity index (χ3n) is 2.34. The zero-order valence-corrected chi connectivity index (χ0v) is 11.5.